The molecule has 0 spiro atoms. The molecule has 0 unspecified atom stereocenters. The van der Waals surface area contributed by atoms with Crippen molar-refractivity contribution in [1.82, 2.24) is 10.1 Å². The van der Waals surface area contributed by atoms with Gasteiger partial charge in [-0.2, -0.15) is 23.4 Å². The minimum atomic E-state index is -4.72. The highest BCUT2D eigenvalue weighted by Gasteiger charge is 2.38. The Hall–Kier alpha value is -3.67. The lowest BCUT2D eigenvalue weighted by Gasteiger charge is -2.05. The molecule has 0 atom stereocenters. The monoisotopic (exact) mass is 373 g/mol. The third-order valence-corrected chi connectivity index (χ3v) is 3.50. The van der Waals surface area contributed by atoms with Crippen LogP contribution in [-0.4, -0.2) is 16.1 Å². The van der Waals surface area contributed by atoms with Gasteiger partial charge in [-0.05, 0) is 29.8 Å². The third kappa shape index (κ3) is 4.30. The number of esters is 1. The number of nitrogens with zero attached hydrogens (tertiary/aromatic N) is 3. The molecule has 0 fully saturated rings. The minimum Gasteiger partial charge on any atom is -0.457 e. The molecule has 0 saturated heterocycles. The van der Waals surface area contributed by atoms with Crippen molar-refractivity contribution in [3.63, 3.8) is 0 Å². The van der Waals surface area contributed by atoms with Gasteiger partial charge in [0.15, 0.2) is 0 Å². The molecule has 136 valence electrons. The standard InChI is InChI=1S/C18H10F3N3O3/c19-18(20,21)17-23-15(24-27-17)13-5-7-14(8-6-13)16(25)26-10-12-3-1-11(9-22)2-4-12/h1-8H,10H2. The molecule has 0 bridgehead atoms. The second kappa shape index (κ2) is 7.29. The summed E-state index contributed by atoms with van der Waals surface area (Å²) in [4.78, 5) is 15.3. The maximum atomic E-state index is 12.5. The molecule has 0 aliphatic carbocycles. The van der Waals surface area contributed by atoms with Gasteiger partial charge in [0.1, 0.15) is 6.61 Å². The van der Waals surface area contributed by atoms with Crippen LogP contribution in [0.3, 0.4) is 0 Å². The Morgan fingerprint density at radius 2 is 1.78 bits per heavy atom. The van der Waals surface area contributed by atoms with E-state index in [1.807, 2.05) is 6.07 Å². The SMILES string of the molecule is N#Cc1ccc(COC(=O)c2ccc(-c3noc(C(F)(F)F)n3)cc2)cc1. The molecule has 3 rings (SSSR count). The van der Waals surface area contributed by atoms with Gasteiger partial charge in [0.2, 0.25) is 5.82 Å². The quantitative estimate of drug-likeness (QED) is 0.643. The molecule has 0 saturated carbocycles. The summed E-state index contributed by atoms with van der Waals surface area (Å²) in [6.07, 6.45) is -4.72. The lowest BCUT2D eigenvalue weighted by atomic mass is 10.1. The van der Waals surface area contributed by atoms with E-state index in [2.05, 4.69) is 14.7 Å². The molecule has 0 amide bonds. The normalized spacial score (nSPS) is 11.0. The molecule has 9 heteroatoms. The summed E-state index contributed by atoms with van der Waals surface area (Å²) in [5, 5.41) is 12.0. The molecule has 0 N–H and O–H groups in total. The van der Waals surface area contributed by atoms with E-state index in [9.17, 15) is 18.0 Å². The van der Waals surface area contributed by atoms with Crippen LogP contribution in [0.2, 0.25) is 0 Å². The highest BCUT2D eigenvalue weighted by Crippen LogP contribution is 2.29. The summed E-state index contributed by atoms with van der Waals surface area (Å²) in [5.74, 6) is -2.28. The Labute approximate surface area is 150 Å². The first-order valence-corrected chi connectivity index (χ1v) is 7.54. The minimum absolute atomic E-state index is 0.0199. The van der Waals surface area contributed by atoms with Crippen LogP contribution in [0.25, 0.3) is 11.4 Å². The van der Waals surface area contributed by atoms with Crippen molar-refractivity contribution in [2.45, 2.75) is 12.8 Å². The zero-order valence-corrected chi connectivity index (χ0v) is 13.5. The van der Waals surface area contributed by atoms with Crippen molar-refractivity contribution in [3.05, 3.63) is 71.1 Å². The number of aromatic nitrogens is 2. The number of carbonyl (C=O) groups is 1. The first kappa shape index (κ1) is 18.1. The molecule has 0 aliphatic heterocycles. The number of nitriles is 1. The van der Waals surface area contributed by atoms with Crippen molar-refractivity contribution in [2.75, 3.05) is 0 Å². The smallest absolute Gasteiger partial charge is 0.457 e. The molecule has 0 aliphatic rings. The number of hydrogen-bond donors (Lipinski definition) is 0. The van der Waals surface area contributed by atoms with E-state index in [4.69, 9.17) is 10.00 Å². The number of rotatable bonds is 4. The fourth-order valence-corrected chi connectivity index (χ4v) is 2.12. The molecule has 3 aromatic rings. The highest BCUT2D eigenvalue weighted by molar-refractivity contribution is 5.89. The van der Waals surface area contributed by atoms with E-state index in [1.165, 1.54) is 24.3 Å². The average Bonchev–Trinajstić information content (AvgIpc) is 3.17. The molecule has 1 aromatic heterocycles. The van der Waals surface area contributed by atoms with E-state index < -0.39 is 18.0 Å². The Morgan fingerprint density at radius 1 is 1.11 bits per heavy atom. The molecule has 27 heavy (non-hydrogen) atoms. The topological polar surface area (TPSA) is 89.0 Å². The second-order valence-corrected chi connectivity index (χ2v) is 5.38. The zero-order valence-electron chi connectivity index (χ0n) is 13.5. The highest BCUT2D eigenvalue weighted by atomic mass is 19.4. The van der Waals surface area contributed by atoms with Crippen LogP contribution >= 0.6 is 0 Å². The van der Waals surface area contributed by atoms with Crippen molar-refractivity contribution in [3.8, 4) is 17.5 Å². The van der Waals surface area contributed by atoms with Crippen molar-refractivity contribution < 1.29 is 27.2 Å². The van der Waals surface area contributed by atoms with Crippen LogP contribution in [-0.2, 0) is 17.5 Å². The Balaban J connectivity index is 1.65. The first-order valence-electron chi connectivity index (χ1n) is 7.54. The van der Waals surface area contributed by atoms with Crippen LogP contribution in [0, 0.1) is 11.3 Å². The van der Waals surface area contributed by atoms with Gasteiger partial charge in [-0.1, -0.05) is 29.4 Å². The number of carbonyl (C=O) groups excluding carboxylic acids is 1. The predicted octanol–water partition coefficient (Wildman–Crippen LogP) is 3.98. The van der Waals surface area contributed by atoms with Gasteiger partial charge >= 0.3 is 18.0 Å². The summed E-state index contributed by atoms with van der Waals surface area (Å²) in [7, 11) is 0. The molecule has 1 heterocycles. The third-order valence-electron chi connectivity index (χ3n) is 3.50. The van der Waals surface area contributed by atoms with E-state index >= 15 is 0 Å². The fraction of sp³-hybridized carbons (Fsp3) is 0.111. The number of benzene rings is 2. The number of alkyl halides is 3. The summed E-state index contributed by atoms with van der Waals surface area (Å²) in [6, 6.07) is 14.1. The van der Waals surface area contributed by atoms with Crippen LogP contribution in [0.5, 0.6) is 0 Å². The van der Waals surface area contributed by atoms with E-state index in [1.54, 1.807) is 24.3 Å². The average molecular weight is 373 g/mol. The Bertz CT molecular complexity index is 988. The zero-order chi connectivity index (χ0) is 19.4. The van der Waals surface area contributed by atoms with E-state index in [0.717, 1.165) is 0 Å². The van der Waals surface area contributed by atoms with Gasteiger partial charge in [0.25, 0.3) is 0 Å². The summed E-state index contributed by atoms with van der Waals surface area (Å²) in [5.41, 5.74) is 1.69. The van der Waals surface area contributed by atoms with Gasteiger partial charge in [0.05, 0.1) is 17.2 Å². The fourth-order valence-electron chi connectivity index (χ4n) is 2.12. The number of halogens is 3. The number of ether oxygens (including phenoxy) is 1. The van der Waals surface area contributed by atoms with Gasteiger partial charge in [-0.25, -0.2) is 4.79 Å². The largest absolute Gasteiger partial charge is 0.471 e. The van der Waals surface area contributed by atoms with Gasteiger partial charge < -0.3 is 9.26 Å². The summed E-state index contributed by atoms with van der Waals surface area (Å²) in [6.45, 7) is 0.0199. The van der Waals surface area contributed by atoms with Gasteiger partial charge in [0, 0.05) is 5.56 Å². The second-order valence-electron chi connectivity index (χ2n) is 5.38. The summed E-state index contributed by atoms with van der Waals surface area (Å²) < 4.78 is 46.8. The summed E-state index contributed by atoms with van der Waals surface area (Å²) >= 11 is 0. The van der Waals surface area contributed by atoms with Crippen LogP contribution in [0.4, 0.5) is 13.2 Å². The Kier molecular flexibility index (Phi) is 4.90. The molecule has 2 aromatic carbocycles. The first-order chi connectivity index (χ1) is 12.9. The maximum Gasteiger partial charge on any atom is 0.471 e. The predicted molar refractivity (Wildman–Crippen MR) is 85.0 cm³/mol. The van der Waals surface area contributed by atoms with E-state index in [0.29, 0.717) is 11.1 Å². The molecular formula is C18H10F3N3O3. The van der Waals surface area contributed by atoms with Crippen LogP contribution in [0.15, 0.2) is 53.1 Å². The molecular weight excluding hydrogens is 363 g/mol. The van der Waals surface area contributed by atoms with Crippen molar-refractivity contribution >= 4 is 5.97 Å². The van der Waals surface area contributed by atoms with Crippen molar-refractivity contribution in [1.29, 1.82) is 5.26 Å². The lowest BCUT2D eigenvalue weighted by molar-refractivity contribution is -0.159. The maximum absolute atomic E-state index is 12.5. The van der Waals surface area contributed by atoms with Gasteiger partial charge in [-0.15, -0.1) is 0 Å². The van der Waals surface area contributed by atoms with Crippen molar-refractivity contribution in [2.24, 2.45) is 0 Å². The lowest BCUT2D eigenvalue weighted by Crippen LogP contribution is -2.05. The number of hydrogen-bond acceptors (Lipinski definition) is 6. The van der Waals surface area contributed by atoms with Crippen LogP contribution < -0.4 is 0 Å². The molecule has 6 nitrogen and oxygen atoms in total. The van der Waals surface area contributed by atoms with Crippen LogP contribution in [0.1, 0.15) is 27.4 Å². The van der Waals surface area contributed by atoms with Gasteiger partial charge in [-0.3, -0.25) is 0 Å². The van der Waals surface area contributed by atoms with E-state index in [-0.39, 0.29) is 23.6 Å². The Morgan fingerprint density at radius 3 is 2.33 bits per heavy atom. The molecule has 0 radical (unpaired) electrons.